The predicted octanol–water partition coefficient (Wildman–Crippen LogP) is 2.24. The minimum atomic E-state index is 0.629. The summed E-state index contributed by atoms with van der Waals surface area (Å²) < 4.78 is 4.93. The van der Waals surface area contributed by atoms with E-state index in [2.05, 4.69) is 36.6 Å². The lowest BCUT2D eigenvalue weighted by molar-refractivity contribution is 0.204. The quantitative estimate of drug-likeness (QED) is 0.622. The van der Waals surface area contributed by atoms with Gasteiger partial charge in [0.15, 0.2) is 5.11 Å². The van der Waals surface area contributed by atoms with E-state index in [0.717, 1.165) is 5.69 Å². The molecule has 0 atom stereocenters. The summed E-state index contributed by atoms with van der Waals surface area (Å²) in [7, 11) is 1.67. The van der Waals surface area contributed by atoms with Gasteiger partial charge in [-0.15, -0.1) is 0 Å². The van der Waals surface area contributed by atoms with Crippen LogP contribution in [0.4, 0.5) is 5.69 Å². The summed E-state index contributed by atoms with van der Waals surface area (Å²) in [6, 6.07) is 6.22. The first-order chi connectivity index (χ1) is 7.63. The molecule has 0 radical (unpaired) electrons. The Kier molecular flexibility index (Phi) is 5.22. The summed E-state index contributed by atoms with van der Waals surface area (Å²) >= 11 is 5.16. The Bertz CT molecular complexity index is 366. The van der Waals surface area contributed by atoms with Gasteiger partial charge >= 0.3 is 0 Å². The third kappa shape index (κ3) is 4.16. The Hall–Kier alpha value is -1.13. The van der Waals surface area contributed by atoms with E-state index in [9.17, 15) is 0 Å². The summed E-state index contributed by atoms with van der Waals surface area (Å²) in [4.78, 5) is 0. The Morgan fingerprint density at radius 1 is 1.38 bits per heavy atom. The highest BCUT2D eigenvalue weighted by atomic mass is 32.1. The van der Waals surface area contributed by atoms with Gasteiger partial charge in [-0.05, 0) is 37.7 Å². The normalized spacial score (nSPS) is 9.94. The number of nitrogens with one attached hydrogen (secondary N) is 2. The number of thiocarbonyl (C=S) groups is 1. The standard InChI is InChI=1S/C12H18N2OS/c1-9-4-5-11(10(2)8-9)14-12(16)13-6-7-15-3/h4-5,8H,6-7H2,1-3H3,(H2,13,14,16). The van der Waals surface area contributed by atoms with Crippen molar-refractivity contribution in [3.05, 3.63) is 29.3 Å². The molecule has 0 aliphatic heterocycles. The van der Waals surface area contributed by atoms with Crippen LogP contribution < -0.4 is 10.6 Å². The Morgan fingerprint density at radius 2 is 2.12 bits per heavy atom. The van der Waals surface area contributed by atoms with E-state index in [1.54, 1.807) is 7.11 Å². The smallest absolute Gasteiger partial charge is 0.170 e. The zero-order chi connectivity index (χ0) is 12.0. The number of hydrogen-bond donors (Lipinski definition) is 2. The second-order valence-corrected chi connectivity index (χ2v) is 4.10. The topological polar surface area (TPSA) is 33.3 Å². The molecule has 16 heavy (non-hydrogen) atoms. The van der Waals surface area contributed by atoms with Crippen LogP contribution in [0.25, 0.3) is 0 Å². The summed E-state index contributed by atoms with van der Waals surface area (Å²) in [5.74, 6) is 0. The van der Waals surface area contributed by atoms with Gasteiger partial charge in [0.05, 0.1) is 6.61 Å². The van der Waals surface area contributed by atoms with Crippen molar-refractivity contribution in [3.63, 3.8) is 0 Å². The van der Waals surface area contributed by atoms with Crippen LogP contribution in [0.2, 0.25) is 0 Å². The molecule has 0 aliphatic rings. The summed E-state index contributed by atoms with van der Waals surface area (Å²) in [6.45, 7) is 5.50. The number of hydrogen-bond acceptors (Lipinski definition) is 2. The molecule has 0 saturated heterocycles. The number of anilines is 1. The van der Waals surface area contributed by atoms with Crippen molar-refractivity contribution in [1.29, 1.82) is 0 Å². The van der Waals surface area contributed by atoms with Crippen molar-refractivity contribution in [3.8, 4) is 0 Å². The molecule has 0 spiro atoms. The lowest BCUT2D eigenvalue weighted by Crippen LogP contribution is -2.31. The number of methoxy groups -OCH3 is 1. The Morgan fingerprint density at radius 3 is 2.75 bits per heavy atom. The van der Waals surface area contributed by atoms with Crippen LogP contribution in [0.15, 0.2) is 18.2 Å². The van der Waals surface area contributed by atoms with Gasteiger partial charge < -0.3 is 15.4 Å². The zero-order valence-electron chi connectivity index (χ0n) is 9.96. The molecule has 2 N–H and O–H groups in total. The van der Waals surface area contributed by atoms with Crippen LogP contribution in [0, 0.1) is 13.8 Å². The van der Waals surface area contributed by atoms with Gasteiger partial charge in [0.1, 0.15) is 0 Å². The highest BCUT2D eigenvalue weighted by Gasteiger charge is 2.00. The Balaban J connectivity index is 2.49. The van der Waals surface area contributed by atoms with Gasteiger partial charge in [0.2, 0.25) is 0 Å². The first-order valence-electron chi connectivity index (χ1n) is 5.24. The molecule has 0 aromatic heterocycles. The minimum absolute atomic E-state index is 0.629. The predicted molar refractivity (Wildman–Crippen MR) is 72.0 cm³/mol. The zero-order valence-corrected chi connectivity index (χ0v) is 10.8. The minimum Gasteiger partial charge on any atom is -0.383 e. The van der Waals surface area contributed by atoms with Crippen molar-refractivity contribution in [2.45, 2.75) is 13.8 Å². The van der Waals surface area contributed by atoms with E-state index in [1.165, 1.54) is 11.1 Å². The van der Waals surface area contributed by atoms with Crippen LogP contribution >= 0.6 is 12.2 Å². The third-order valence-corrected chi connectivity index (χ3v) is 2.47. The molecule has 0 fully saturated rings. The first-order valence-corrected chi connectivity index (χ1v) is 5.65. The molecule has 3 nitrogen and oxygen atoms in total. The van der Waals surface area contributed by atoms with Gasteiger partial charge in [0, 0.05) is 19.3 Å². The van der Waals surface area contributed by atoms with E-state index >= 15 is 0 Å². The van der Waals surface area contributed by atoms with Crippen LogP contribution in [0.5, 0.6) is 0 Å². The fraction of sp³-hybridized carbons (Fsp3) is 0.417. The van der Waals surface area contributed by atoms with Crippen LogP contribution in [-0.2, 0) is 4.74 Å². The fourth-order valence-electron chi connectivity index (χ4n) is 1.39. The molecule has 1 aromatic carbocycles. The van der Waals surface area contributed by atoms with E-state index in [1.807, 2.05) is 6.07 Å². The molecule has 0 unspecified atom stereocenters. The monoisotopic (exact) mass is 238 g/mol. The van der Waals surface area contributed by atoms with Gasteiger partial charge in [-0.2, -0.15) is 0 Å². The van der Waals surface area contributed by atoms with Gasteiger partial charge in [-0.1, -0.05) is 17.7 Å². The SMILES string of the molecule is COCCNC(=S)Nc1ccc(C)cc1C. The van der Waals surface area contributed by atoms with E-state index < -0.39 is 0 Å². The van der Waals surface area contributed by atoms with Crippen molar-refractivity contribution >= 4 is 23.0 Å². The maximum absolute atomic E-state index is 5.16. The average Bonchev–Trinajstić information content (AvgIpc) is 2.23. The molecular formula is C12H18N2OS. The summed E-state index contributed by atoms with van der Waals surface area (Å²) in [5.41, 5.74) is 3.48. The number of ether oxygens (including phenoxy) is 1. The van der Waals surface area contributed by atoms with Crippen molar-refractivity contribution in [2.24, 2.45) is 0 Å². The third-order valence-electron chi connectivity index (χ3n) is 2.22. The van der Waals surface area contributed by atoms with Crippen LogP contribution in [-0.4, -0.2) is 25.4 Å². The summed E-state index contributed by atoms with van der Waals surface area (Å²) in [6.07, 6.45) is 0. The van der Waals surface area contributed by atoms with Crippen molar-refractivity contribution in [1.82, 2.24) is 5.32 Å². The second kappa shape index (κ2) is 6.45. The number of aryl methyl sites for hydroxylation is 2. The van der Waals surface area contributed by atoms with Crippen molar-refractivity contribution in [2.75, 3.05) is 25.6 Å². The van der Waals surface area contributed by atoms with Crippen molar-refractivity contribution < 1.29 is 4.74 Å². The van der Waals surface area contributed by atoms with Gasteiger partial charge in [-0.25, -0.2) is 0 Å². The molecule has 88 valence electrons. The van der Waals surface area contributed by atoms with Crippen LogP contribution in [0.3, 0.4) is 0 Å². The number of benzene rings is 1. The van der Waals surface area contributed by atoms with Gasteiger partial charge in [0.25, 0.3) is 0 Å². The molecule has 1 rings (SSSR count). The molecular weight excluding hydrogens is 220 g/mol. The van der Waals surface area contributed by atoms with Crippen LogP contribution in [0.1, 0.15) is 11.1 Å². The molecule has 0 saturated carbocycles. The summed E-state index contributed by atoms with van der Waals surface area (Å²) in [5, 5.41) is 6.86. The molecule has 0 aliphatic carbocycles. The van der Waals surface area contributed by atoms with E-state index in [-0.39, 0.29) is 0 Å². The Labute approximate surface area is 102 Å². The lowest BCUT2D eigenvalue weighted by Gasteiger charge is -2.12. The molecule has 1 aromatic rings. The van der Waals surface area contributed by atoms with E-state index in [4.69, 9.17) is 17.0 Å². The average molecular weight is 238 g/mol. The maximum Gasteiger partial charge on any atom is 0.170 e. The highest BCUT2D eigenvalue weighted by molar-refractivity contribution is 7.80. The molecule has 0 heterocycles. The van der Waals surface area contributed by atoms with E-state index in [0.29, 0.717) is 18.3 Å². The molecule has 0 amide bonds. The number of rotatable bonds is 4. The molecule has 0 bridgehead atoms. The second-order valence-electron chi connectivity index (χ2n) is 3.69. The maximum atomic E-state index is 5.16. The lowest BCUT2D eigenvalue weighted by atomic mass is 10.1. The molecule has 4 heteroatoms. The van der Waals surface area contributed by atoms with Gasteiger partial charge in [-0.3, -0.25) is 0 Å². The first kappa shape index (κ1) is 12.9. The highest BCUT2D eigenvalue weighted by Crippen LogP contribution is 2.15. The largest absolute Gasteiger partial charge is 0.383 e. The fourth-order valence-corrected chi connectivity index (χ4v) is 1.60.